The normalized spacial score (nSPS) is 14.5. The van der Waals surface area contributed by atoms with Crippen molar-refractivity contribution in [2.45, 2.75) is 40.7 Å². The second-order valence-corrected chi connectivity index (χ2v) is 5.37. The Bertz CT molecular complexity index is 534. The van der Waals surface area contributed by atoms with Gasteiger partial charge in [0.1, 0.15) is 0 Å². The Hall–Kier alpha value is -1.62. The Morgan fingerprint density at radius 2 is 2.00 bits per heavy atom. The fourth-order valence-electron chi connectivity index (χ4n) is 2.23. The molecular formula is C14H22N4O. The summed E-state index contributed by atoms with van der Waals surface area (Å²) in [6.07, 6.45) is 0. The summed E-state index contributed by atoms with van der Waals surface area (Å²) >= 11 is 0. The molecule has 0 saturated carbocycles. The Labute approximate surface area is 114 Å². The molecule has 1 amide bonds. The van der Waals surface area contributed by atoms with E-state index < -0.39 is 0 Å². The third-order valence-electron chi connectivity index (χ3n) is 3.60. The summed E-state index contributed by atoms with van der Waals surface area (Å²) in [5.74, 6) is -0.0222. The Morgan fingerprint density at radius 1 is 1.37 bits per heavy atom. The van der Waals surface area contributed by atoms with E-state index in [1.54, 1.807) is 0 Å². The largest absolute Gasteiger partial charge is 0.319 e. The standard InChI is InChI=1S/C14H22N4O/c1-8(2)18-11(5)13(10(4)17-18)16-14(19)9(3)12-6-15-7-12/h8,15H,6-7H2,1-5H3,(H,16,19). The van der Waals surface area contributed by atoms with Gasteiger partial charge in [0.05, 0.1) is 17.1 Å². The highest BCUT2D eigenvalue weighted by atomic mass is 16.1. The molecule has 1 aromatic heterocycles. The minimum Gasteiger partial charge on any atom is -0.319 e. The third-order valence-corrected chi connectivity index (χ3v) is 3.60. The highest BCUT2D eigenvalue weighted by Gasteiger charge is 2.19. The number of hydrogen-bond acceptors (Lipinski definition) is 3. The van der Waals surface area contributed by atoms with Gasteiger partial charge in [0, 0.05) is 24.7 Å². The van der Waals surface area contributed by atoms with Gasteiger partial charge in [-0.1, -0.05) is 0 Å². The zero-order chi connectivity index (χ0) is 14.2. The molecule has 0 atom stereocenters. The van der Waals surface area contributed by atoms with Crippen LogP contribution in [0.5, 0.6) is 0 Å². The summed E-state index contributed by atoms with van der Waals surface area (Å²) in [6.45, 7) is 11.6. The summed E-state index contributed by atoms with van der Waals surface area (Å²) in [4.78, 5) is 12.2. The number of aromatic nitrogens is 2. The zero-order valence-corrected chi connectivity index (χ0v) is 12.3. The first-order valence-electron chi connectivity index (χ1n) is 6.68. The molecule has 1 aromatic rings. The van der Waals surface area contributed by atoms with Gasteiger partial charge in [-0.05, 0) is 40.2 Å². The average Bonchev–Trinajstić information content (AvgIpc) is 2.54. The van der Waals surface area contributed by atoms with E-state index in [1.807, 2.05) is 25.5 Å². The Morgan fingerprint density at radius 3 is 2.42 bits per heavy atom. The van der Waals surface area contributed by atoms with E-state index in [4.69, 9.17) is 0 Å². The van der Waals surface area contributed by atoms with Crippen LogP contribution in [-0.4, -0.2) is 28.8 Å². The van der Waals surface area contributed by atoms with Gasteiger partial charge in [-0.2, -0.15) is 5.10 Å². The van der Waals surface area contributed by atoms with E-state index in [-0.39, 0.29) is 5.91 Å². The summed E-state index contributed by atoms with van der Waals surface area (Å²) < 4.78 is 1.94. The molecule has 0 aliphatic carbocycles. The van der Waals surface area contributed by atoms with E-state index in [2.05, 4.69) is 29.6 Å². The second kappa shape index (κ2) is 5.17. The molecule has 19 heavy (non-hydrogen) atoms. The van der Waals surface area contributed by atoms with E-state index in [9.17, 15) is 4.79 Å². The SMILES string of the molecule is CC(C(=O)Nc1c(C)nn(C(C)C)c1C)=C1CNC1. The maximum atomic E-state index is 12.2. The predicted octanol–water partition coefficient (Wildman–Crippen LogP) is 1.94. The van der Waals surface area contributed by atoms with Gasteiger partial charge in [-0.25, -0.2) is 0 Å². The molecule has 2 heterocycles. The molecule has 1 fully saturated rings. The molecule has 2 rings (SSSR count). The second-order valence-electron chi connectivity index (χ2n) is 5.37. The zero-order valence-electron chi connectivity index (χ0n) is 12.3. The molecule has 0 radical (unpaired) electrons. The molecule has 5 heteroatoms. The van der Waals surface area contributed by atoms with Gasteiger partial charge in [0.15, 0.2) is 0 Å². The lowest BCUT2D eigenvalue weighted by Crippen LogP contribution is -2.36. The van der Waals surface area contributed by atoms with Crippen LogP contribution < -0.4 is 10.6 Å². The molecule has 104 valence electrons. The summed E-state index contributed by atoms with van der Waals surface area (Å²) in [7, 11) is 0. The van der Waals surface area contributed by atoms with Crippen molar-refractivity contribution in [2.24, 2.45) is 0 Å². The first-order valence-corrected chi connectivity index (χ1v) is 6.68. The average molecular weight is 262 g/mol. The van der Waals surface area contributed by atoms with Crippen molar-refractivity contribution in [2.75, 3.05) is 18.4 Å². The fraction of sp³-hybridized carbons (Fsp3) is 0.571. The van der Waals surface area contributed by atoms with Crippen LogP contribution in [0.3, 0.4) is 0 Å². The predicted molar refractivity (Wildman–Crippen MR) is 76.3 cm³/mol. The number of nitrogens with zero attached hydrogens (tertiary/aromatic N) is 2. The Balaban J connectivity index is 2.22. The maximum Gasteiger partial charge on any atom is 0.251 e. The van der Waals surface area contributed by atoms with E-state index in [0.717, 1.165) is 35.7 Å². The lowest BCUT2D eigenvalue weighted by Gasteiger charge is -2.21. The summed E-state index contributed by atoms with van der Waals surface area (Å²) in [5, 5.41) is 10.6. The van der Waals surface area contributed by atoms with Crippen molar-refractivity contribution in [1.82, 2.24) is 15.1 Å². The lowest BCUT2D eigenvalue weighted by molar-refractivity contribution is -0.112. The van der Waals surface area contributed by atoms with Gasteiger partial charge in [-0.15, -0.1) is 0 Å². The van der Waals surface area contributed by atoms with Crippen LogP contribution in [0, 0.1) is 13.8 Å². The first-order chi connectivity index (χ1) is 8.91. The molecule has 1 aliphatic rings. The van der Waals surface area contributed by atoms with Crippen LogP contribution in [0.4, 0.5) is 5.69 Å². The van der Waals surface area contributed by atoms with E-state index >= 15 is 0 Å². The van der Waals surface area contributed by atoms with E-state index in [1.165, 1.54) is 5.57 Å². The van der Waals surface area contributed by atoms with Crippen molar-refractivity contribution in [3.63, 3.8) is 0 Å². The van der Waals surface area contributed by atoms with Crippen molar-refractivity contribution in [1.29, 1.82) is 0 Å². The van der Waals surface area contributed by atoms with Crippen LogP contribution in [0.15, 0.2) is 11.1 Å². The van der Waals surface area contributed by atoms with Gasteiger partial charge >= 0.3 is 0 Å². The van der Waals surface area contributed by atoms with Crippen molar-refractivity contribution in [3.8, 4) is 0 Å². The van der Waals surface area contributed by atoms with Gasteiger partial charge in [0.25, 0.3) is 5.91 Å². The number of hydrogen-bond donors (Lipinski definition) is 2. The van der Waals surface area contributed by atoms with Crippen LogP contribution >= 0.6 is 0 Å². The molecule has 1 aliphatic heterocycles. The minimum absolute atomic E-state index is 0.0222. The molecule has 0 bridgehead atoms. The number of carbonyl (C=O) groups excluding carboxylic acids is 1. The monoisotopic (exact) mass is 262 g/mol. The summed E-state index contributed by atoms with van der Waals surface area (Å²) in [6, 6.07) is 0.291. The van der Waals surface area contributed by atoms with Crippen molar-refractivity contribution < 1.29 is 4.79 Å². The number of rotatable bonds is 3. The molecule has 0 aromatic carbocycles. The lowest BCUT2D eigenvalue weighted by atomic mass is 10.0. The first kappa shape index (κ1) is 13.8. The van der Waals surface area contributed by atoms with Gasteiger partial charge in [-0.3, -0.25) is 9.48 Å². The van der Waals surface area contributed by atoms with Crippen molar-refractivity contribution >= 4 is 11.6 Å². The van der Waals surface area contributed by atoms with Gasteiger partial charge < -0.3 is 10.6 Å². The van der Waals surface area contributed by atoms with Gasteiger partial charge in [0.2, 0.25) is 0 Å². The number of aryl methyl sites for hydroxylation is 1. The summed E-state index contributed by atoms with van der Waals surface area (Å²) in [5.41, 5.74) is 4.71. The van der Waals surface area contributed by atoms with Crippen LogP contribution in [0.1, 0.15) is 38.2 Å². The number of amides is 1. The Kier molecular flexibility index (Phi) is 3.75. The number of carbonyl (C=O) groups is 1. The number of nitrogens with one attached hydrogen (secondary N) is 2. The topological polar surface area (TPSA) is 59.0 Å². The number of anilines is 1. The molecule has 0 unspecified atom stereocenters. The third kappa shape index (κ3) is 2.56. The molecule has 0 spiro atoms. The highest BCUT2D eigenvalue weighted by molar-refractivity contribution is 6.04. The van der Waals surface area contributed by atoms with Crippen LogP contribution in [0.25, 0.3) is 0 Å². The van der Waals surface area contributed by atoms with Crippen LogP contribution in [0.2, 0.25) is 0 Å². The highest BCUT2D eigenvalue weighted by Crippen LogP contribution is 2.23. The molecular weight excluding hydrogens is 240 g/mol. The molecule has 1 saturated heterocycles. The molecule has 5 nitrogen and oxygen atoms in total. The smallest absolute Gasteiger partial charge is 0.251 e. The maximum absolute atomic E-state index is 12.2. The van der Waals surface area contributed by atoms with Crippen LogP contribution in [-0.2, 0) is 4.79 Å². The minimum atomic E-state index is -0.0222. The molecule has 2 N–H and O–H groups in total. The fourth-order valence-corrected chi connectivity index (χ4v) is 2.23. The quantitative estimate of drug-likeness (QED) is 0.818. The van der Waals surface area contributed by atoms with E-state index in [0.29, 0.717) is 6.04 Å². The van der Waals surface area contributed by atoms with Crippen molar-refractivity contribution in [3.05, 3.63) is 22.5 Å².